The predicted octanol–water partition coefficient (Wildman–Crippen LogP) is 2.22. The van der Waals surface area contributed by atoms with Gasteiger partial charge in [0.15, 0.2) is 0 Å². The molecule has 18 heavy (non-hydrogen) atoms. The summed E-state index contributed by atoms with van der Waals surface area (Å²) in [5, 5.41) is 7.89. The van der Waals surface area contributed by atoms with Crippen molar-refractivity contribution in [2.24, 2.45) is 0 Å². The molecule has 98 valence electrons. The van der Waals surface area contributed by atoms with Crippen molar-refractivity contribution < 1.29 is 22.9 Å². The topological polar surface area (TPSA) is 91.7 Å². The molecule has 0 amide bonds. The summed E-state index contributed by atoms with van der Waals surface area (Å²) in [6.45, 7) is 8.11. The second-order valence-electron chi connectivity index (χ2n) is 3.33. The zero-order valence-electron chi connectivity index (χ0n) is 9.83. The first-order valence-corrected chi connectivity index (χ1v) is 6.21. The molecule has 0 fully saturated rings. The highest BCUT2D eigenvalue weighted by Gasteiger charge is 2.07. The summed E-state index contributed by atoms with van der Waals surface area (Å²) in [5.41, 5.74) is 0.984. The van der Waals surface area contributed by atoms with Crippen LogP contribution in [0.4, 0.5) is 0 Å². The molecule has 2 N–H and O–H groups in total. The number of aliphatic carboxylic acids is 1. The Morgan fingerprint density at radius 2 is 1.67 bits per heavy atom. The monoisotopic (exact) mass is 270 g/mol. The highest BCUT2D eigenvalue weighted by molar-refractivity contribution is 7.85. The molecule has 0 bridgehead atoms. The van der Waals surface area contributed by atoms with E-state index in [-0.39, 0.29) is 10.5 Å². The van der Waals surface area contributed by atoms with Crippen molar-refractivity contribution in [1.29, 1.82) is 0 Å². The second-order valence-corrected chi connectivity index (χ2v) is 4.76. The van der Waals surface area contributed by atoms with Gasteiger partial charge in [-0.15, -0.1) is 0 Å². The summed E-state index contributed by atoms with van der Waals surface area (Å²) in [6.07, 6.45) is 1.59. The molecule has 0 aromatic heterocycles. The number of hydrogen-bond acceptors (Lipinski definition) is 3. The van der Waals surface area contributed by atoms with Crippen LogP contribution in [0.1, 0.15) is 12.5 Å². The van der Waals surface area contributed by atoms with Gasteiger partial charge in [-0.25, -0.2) is 4.79 Å². The molecule has 1 rings (SSSR count). The molecule has 0 heterocycles. The van der Waals surface area contributed by atoms with Crippen molar-refractivity contribution >= 4 is 22.2 Å². The van der Waals surface area contributed by atoms with Gasteiger partial charge in [0, 0.05) is 5.57 Å². The van der Waals surface area contributed by atoms with Crippen LogP contribution in [-0.2, 0) is 14.9 Å². The third kappa shape index (κ3) is 5.97. The maximum absolute atomic E-state index is 10.6. The predicted molar refractivity (Wildman–Crippen MR) is 68.8 cm³/mol. The van der Waals surface area contributed by atoms with E-state index in [9.17, 15) is 13.2 Å². The summed E-state index contributed by atoms with van der Waals surface area (Å²) in [6, 6.07) is 5.78. The van der Waals surface area contributed by atoms with Gasteiger partial charge in [0.05, 0.1) is 4.90 Å². The second kappa shape index (κ2) is 6.73. The summed E-state index contributed by atoms with van der Waals surface area (Å²) in [5.74, 6) is -0.935. The molecule has 0 spiro atoms. The van der Waals surface area contributed by atoms with Crippen molar-refractivity contribution in [2.45, 2.75) is 11.8 Å². The summed E-state index contributed by atoms with van der Waals surface area (Å²) >= 11 is 0. The Bertz CT molecular complexity index is 528. The van der Waals surface area contributed by atoms with Crippen LogP contribution in [0.5, 0.6) is 0 Å². The fourth-order valence-corrected chi connectivity index (χ4v) is 1.26. The Kier molecular flexibility index (Phi) is 6.01. The lowest BCUT2D eigenvalue weighted by Gasteiger charge is -1.96. The average Bonchev–Trinajstić information content (AvgIpc) is 2.28. The van der Waals surface area contributed by atoms with Gasteiger partial charge < -0.3 is 5.11 Å². The van der Waals surface area contributed by atoms with Gasteiger partial charge in [-0.05, 0) is 24.6 Å². The molecule has 0 atom stereocenters. The molecular weight excluding hydrogens is 256 g/mol. The van der Waals surface area contributed by atoms with Crippen molar-refractivity contribution in [3.05, 3.63) is 48.6 Å². The first kappa shape index (κ1) is 16.1. The van der Waals surface area contributed by atoms with E-state index in [0.717, 1.165) is 5.56 Å². The van der Waals surface area contributed by atoms with Gasteiger partial charge in [-0.2, -0.15) is 8.42 Å². The third-order valence-electron chi connectivity index (χ3n) is 1.78. The Labute approximate surface area is 106 Å². The molecule has 0 aliphatic carbocycles. The van der Waals surface area contributed by atoms with Crippen LogP contribution in [0.2, 0.25) is 0 Å². The van der Waals surface area contributed by atoms with Gasteiger partial charge in [0.25, 0.3) is 10.1 Å². The number of rotatable bonds is 3. The average molecular weight is 270 g/mol. The Balaban J connectivity index is 0.000000411. The molecule has 0 saturated heterocycles. The zero-order chi connectivity index (χ0) is 14.3. The lowest BCUT2D eigenvalue weighted by molar-refractivity contribution is -0.132. The molecule has 0 radical (unpaired) electrons. The molecule has 5 nitrogen and oxygen atoms in total. The molecule has 0 aliphatic rings. The van der Waals surface area contributed by atoms with Crippen LogP contribution in [0, 0.1) is 0 Å². The lowest BCUT2D eigenvalue weighted by Crippen LogP contribution is -1.96. The first-order valence-electron chi connectivity index (χ1n) is 4.77. The number of hydrogen-bond donors (Lipinski definition) is 2. The highest BCUT2D eigenvalue weighted by atomic mass is 32.2. The van der Waals surface area contributed by atoms with Crippen molar-refractivity contribution in [3.8, 4) is 0 Å². The molecule has 0 aliphatic heterocycles. The summed E-state index contributed by atoms with van der Waals surface area (Å²) in [4.78, 5) is 9.50. The van der Waals surface area contributed by atoms with Crippen molar-refractivity contribution in [3.63, 3.8) is 0 Å². The number of carboxylic acid groups (broad SMARTS) is 1. The fraction of sp³-hybridized carbons (Fsp3) is 0.0833. The third-order valence-corrected chi connectivity index (χ3v) is 2.65. The molecule has 0 unspecified atom stereocenters. The molecule has 1 aromatic rings. The van der Waals surface area contributed by atoms with Crippen LogP contribution in [-0.4, -0.2) is 24.0 Å². The minimum atomic E-state index is -4.06. The smallest absolute Gasteiger partial charge is 0.330 e. The number of carbonyl (C=O) groups is 1. The van der Waals surface area contributed by atoms with Crippen molar-refractivity contribution in [1.82, 2.24) is 0 Å². The van der Waals surface area contributed by atoms with Crippen LogP contribution in [0.3, 0.4) is 0 Å². The number of benzene rings is 1. The van der Waals surface area contributed by atoms with E-state index < -0.39 is 16.1 Å². The molecule has 6 heteroatoms. The molecule has 1 aromatic carbocycles. The maximum Gasteiger partial charge on any atom is 0.330 e. The standard InChI is InChI=1S/C8H8O3S.C4H6O2/c1-2-7-3-5-8(6-4-7)12(9,10)11;1-3(2)4(5)6/h2-6H,1H2,(H,9,10,11);1H2,2H3,(H,5,6). The molecular formula is C12H14O5S. The SMILES string of the molecule is C=C(C)C(=O)O.C=Cc1ccc(S(=O)(=O)O)cc1. The highest BCUT2D eigenvalue weighted by Crippen LogP contribution is 2.10. The van der Waals surface area contributed by atoms with Gasteiger partial charge in [-0.3, -0.25) is 4.55 Å². The first-order chi connectivity index (χ1) is 8.18. The van der Waals surface area contributed by atoms with E-state index in [4.69, 9.17) is 9.66 Å². The van der Waals surface area contributed by atoms with E-state index in [1.807, 2.05) is 0 Å². The normalized spacial score (nSPS) is 9.89. The molecule has 0 saturated carbocycles. The van der Waals surface area contributed by atoms with Gasteiger partial charge in [0.2, 0.25) is 0 Å². The van der Waals surface area contributed by atoms with E-state index >= 15 is 0 Å². The van der Waals surface area contributed by atoms with Gasteiger partial charge >= 0.3 is 5.97 Å². The van der Waals surface area contributed by atoms with Crippen LogP contribution in [0.15, 0.2) is 47.9 Å². The Morgan fingerprint density at radius 1 is 1.28 bits per heavy atom. The van der Waals surface area contributed by atoms with E-state index in [1.165, 1.54) is 19.1 Å². The van der Waals surface area contributed by atoms with Crippen LogP contribution >= 0.6 is 0 Å². The van der Waals surface area contributed by atoms with Crippen molar-refractivity contribution in [2.75, 3.05) is 0 Å². The maximum atomic E-state index is 10.6. The van der Waals surface area contributed by atoms with E-state index in [2.05, 4.69) is 13.2 Å². The minimum absolute atomic E-state index is 0.104. The van der Waals surface area contributed by atoms with Gasteiger partial charge in [-0.1, -0.05) is 31.4 Å². The Morgan fingerprint density at radius 3 is 1.89 bits per heavy atom. The van der Waals surface area contributed by atoms with Crippen LogP contribution in [0.25, 0.3) is 6.08 Å². The van der Waals surface area contributed by atoms with E-state index in [0.29, 0.717) is 0 Å². The summed E-state index contributed by atoms with van der Waals surface area (Å²) < 4.78 is 29.7. The zero-order valence-corrected chi connectivity index (χ0v) is 10.6. The van der Waals surface area contributed by atoms with Crippen LogP contribution < -0.4 is 0 Å². The minimum Gasteiger partial charge on any atom is -0.478 e. The lowest BCUT2D eigenvalue weighted by atomic mass is 10.2. The largest absolute Gasteiger partial charge is 0.478 e. The summed E-state index contributed by atoms with van der Waals surface area (Å²) in [7, 11) is -4.06. The fourth-order valence-electron chi connectivity index (χ4n) is 0.776. The van der Waals surface area contributed by atoms with Gasteiger partial charge in [0.1, 0.15) is 0 Å². The number of carboxylic acids is 1. The quantitative estimate of drug-likeness (QED) is 0.649. The van der Waals surface area contributed by atoms with E-state index in [1.54, 1.807) is 18.2 Å². The Hall–Kier alpha value is -1.92.